The van der Waals surface area contributed by atoms with Crippen molar-refractivity contribution >= 4 is 11.8 Å². The zero-order chi connectivity index (χ0) is 10.3. The molecule has 0 rings (SSSR count). The maximum absolute atomic E-state index is 10.3. The van der Waals surface area contributed by atoms with Gasteiger partial charge in [-0.05, 0) is 26.2 Å². The maximum atomic E-state index is 10.3. The van der Waals surface area contributed by atoms with E-state index in [0.717, 1.165) is 12.8 Å². The second-order valence-electron chi connectivity index (χ2n) is 2.96. The van der Waals surface area contributed by atoms with Crippen LogP contribution in [0.3, 0.4) is 0 Å². The molecule has 0 aromatic carbocycles. The molecule has 0 saturated heterocycles. The van der Waals surface area contributed by atoms with Crippen molar-refractivity contribution in [1.82, 2.24) is 0 Å². The Hall–Kier alpha value is -0.810. The van der Waals surface area contributed by atoms with Crippen LogP contribution >= 0.6 is 0 Å². The van der Waals surface area contributed by atoms with E-state index < -0.39 is 12.0 Å². The predicted octanol–water partition coefficient (Wildman–Crippen LogP) is -3.05. The zero-order valence-electron chi connectivity index (χ0n) is 8.24. The number of amidine groups is 1. The van der Waals surface area contributed by atoms with Crippen LogP contribution in [0.5, 0.6) is 0 Å². The van der Waals surface area contributed by atoms with Crippen LogP contribution in [0, 0.1) is 0 Å². The third-order valence-electron chi connectivity index (χ3n) is 1.60. The van der Waals surface area contributed by atoms with Crippen LogP contribution in [0.1, 0.15) is 26.2 Å². The van der Waals surface area contributed by atoms with Crippen molar-refractivity contribution < 1.29 is 22.3 Å². The highest BCUT2D eigenvalue weighted by Crippen LogP contribution is 1.99. The molecule has 0 radical (unpaired) electrons. The molecule has 0 heterocycles. The molecular weight excluding hydrogens is 206 g/mol. The van der Waals surface area contributed by atoms with Crippen molar-refractivity contribution in [2.75, 3.05) is 6.54 Å². The van der Waals surface area contributed by atoms with Gasteiger partial charge in [-0.15, -0.1) is 0 Å². The van der Waals surface area contributed by atoms with E-state index in [4.69, 9.17) is 16.6 Å². The minimum Gasteiger partial charge on any atom is -1.00 e. The molecule has 14 heavy (non-hydrogen) atoms. The van der Waals surface area contributed by atoms with E-state index >= 15 is 0 Å². The van der Waals surface area contributed by atoms with E-state index in [0.29, 0.717) is 18.8 Å². The van der Waals surface area contributed by atoms with Crippen LogP contribution in [-0.4, -0.2) is 29.5 Å². The van der Waals surface area contributed by atoms with Gasteiger partial charge in [0.25, 0.3) is 0 Å². The van der Waals surface area contributed by atoms with Gasteiger partial charge in [0.05, 0.1) is 5.84 Å². The van der Waals surface area contributed by atoms with Gasteiger partial charge in [-0.3, -0.25) is 9.79 Å². The largest absolute Gasteiger partial charge is 1.00 e. The molecule has 1 atom stereocenters. The number of halogens is 1. The Kier molecular flexibility index (Phi) is 9.81. The number of nitrogens with two attached hydrogens (primary N) is 2. The molecule has 0 saturated carbocycles. The summed E-state index contributed by atoms with van der Waals surface area (Å²) >= 11 is 0. The van der Waals surface area contributed by atoms with Crippen LogP contribution in [0.25, 0.3) is 0 Å². The molecule has 0 bridgehead atoms. The molecule has 0 fully saturated rings. The Morgan fingerprint density at radius 1 is 1.50 bits per heavy atom. The number of carboxylic acid groups (broad SMARTS) is 1. The van der Waals surface area contributed by atoms with Crippen molar-refractivity contribution in [1.29, 1.82) is 0 Å². The SMILES string of the molecule is CC(N)=NCCCC[C@H](N)C(=O)O.[Cl-]. The van der Waals surface area contributed by atoms with Gasteiger partial charge in [-0.2, -0.15) is 0 Å². The maximum Gasteiger partial charge on any atom is 0.320 e. The lowest BCUT2D eigenvalue weighted by molar-refractivity contribution is -0.138. The van der Waals surface area contributed by atoms with E-state index in [1.807, 2.05) is 0 Å². The summed E-state index contributed by atoms with van der Waals surface area (Å²) in [4.78, 5) is 14.3. The Balaban J connectivity index is 0. The van der Waals surface area contributed by atoms with Gasteiger partial charge in [0.15, 0.2) is 0 Å². The third-order valence-corrected chi connectivity index (χ3v) is 1.60. The highest BCUT2D eigenvalue weighted by molar-refractivity contribution is 5.77. The number of hydrogen-bond acceptors (Lipinski definition) is 3. The summed E-state index contributed by atoms with van der Waals surface area (Å²) in [6.07, 6.45) is 2.09. The van der Waals surface area contributed by atoms with E-state index in [9.17, 15) is 4.79 Å². The van der Waals surface area contributed by atoms with Crippen molar-refractivity contribution in [2.24, 2.45) is 16.5 Å². The molecule has 0 unspecified atom stereocenters. The fourth-order valence-corrected chi connectivity index (χ4v) is 0.855. The molecule has 0 aliphatic heterocycles. The van der Waals surface area contributed by atoms with Crippen LogP contribution < -0.4 is 23.9 Å². The first-order chi connectivity index (χ1) is 6.04. The zero-order valence-corrected chi connectivity index (χ0v) is 9.00. The Labute approximate surface area is 90.0 Å². The standard InChI is InChI=1S/C8H17N3O2.ClH/c1-6(9)11-5-3-2-4-7(10)8(12)13;/h7H,2-5,10H2,1H3,(H2,9,11)(H,12,13);1H/p-1/t7-;/m0./s1. The number of hydrogen-bond donors (Lipinski definition) is 3. The van der Waals surface area contributed by atoms with E-state index in [2.05, 4.69) is 4.99 Å². The fraction of sp³-hybridized carbons (Fsp3) is 0.750. The molecule has 5 nitrogen and oxygen atoms in total. The van der Waals surface area contributed by atoms with Crippen molar-refractivity contribution in [2.45, 2.75) is 32.2 Å². The summed E-state index contributed by atoms with van der Waals surface area (Å²) in [5.41, 5.74) is 10.6. The van der Waals surface area contributed by atoms with Crippen LogP contribution in [0.2, 0.25) is 0 Å². The highest BCUT2D eigenvalue weighted by Gasteiger charge is 2.09. The summed E-state index contributed by atoms with van der Waals surface area (Å²) < 4.78 is 0. The van der Waals surface area contributed by atoms with Gasteiger partial charge >= 0.3 is 5.97 Å². The monoisotopic (exact) mass is 222 g/mol. The minimum atomic E-state index is -0.946. The number of aliphatic imine (C=N–C) groups is 1. The Morgan fingerprint density at radius 2 is 2.07 bits per heavy atom. The molecule has 0 aliphatic rings. The molecular formula is C8H17ClN3O2-. The van der Waals surface area contributed by atoms with Gasteiger partial charge in [-0.1, -0.05) is 0 Å². The second-order valence-corrected chi connectivity index (χ2v) is 2.96. The smallest absolute Gasteiger partial charge is 0.320 e. The summed E-state index contributed by atoms with van der Waals surface area (Å²) in [5.74, 6) is -0.388. The van der Waals surface area contributed by atoms with Crippen molar-refractivity contribution in [3.05, 3.63) is 0 Å². The first-order valence-electron chi connectivity index (χ1n) is 4.29. The lowest BCUT2D eigenvalue weighted by atomic mass is 10.1. The number of nitrogens with zero attached hydrogens (tertiary/aromatic N) is 1. The van der Waals surface area contributed by atoms with E-state index in [1.54, 1.807) is 6.92 Å². The van der Waals surface area contributed by atoms with E-state index in [1.165, 1.54) is 0 Å². The Bertz CT molecular complexity index is 193. The number of rotatable bonds is 6. The topological polar surface area (TPSA) is 102 Å². The van der Waals surface area contributed by atoms with E-state index in [-0.39, 0.29) is 12.4 Å². The molecule has 0 aliphatic carbocycles. The van der Waals surface area contributed by atoms with Crippen LogP contribution in [-0.2, 0) is 4.79 Å². The number of unbranched alkanes of at least 4 members (excludes halogenated alkanes) is 1. The van der Waals surface area contributed by atoms with Gasteiger partial charge in [0.2, 0.25) is 0 Å². The molecule has 0 aromatic heterocycles. The average Bonchev–Trinajstić information content (AvgIpc) is 2.02. The quantitative estimate of drug-likeness (QED) is 0.253. The van der Waals surface area contributed by atoms with Gasteiger partial charge < -0.3 is 29.0 Å². The normalized spacial score (nSPS) is 13.1. The minimum absolute atomic E-state index is 0. The lowest BCUT2D eigenvalue weighted by Crippen LogP contribution is -3.00. The molecule has 84 valence electrons. The summed E-state index contributed by atoms with van der Waals surface area (Å²) in [6.45, 7) is 2.37. The Morgan fingerprint density at radius 3 is 2.50 bits per heavy atom. The van der Waals surface area contributed by atoms with Crippen LogP contribution in [0.4, 0.5) is 0 Å². The second kappa shape index (κ2) is 8.77. The van der Waals surface area contributed by atoms with Gasteiger partial charge in [0.1, 0.15) is 6.04 Å². The van der Waals surface area contributed by atoms with Gasteiger partial charge in [0, 0.05) is 6.54 Å². The molecule has 0 spiro atoms. The fourth-order valence-electron chi connectivity index (χ4n) is 0.855. The first-order valence-corrected chi connectivity index (χ1v) is 4.29. The number of carbonyl (C=O) groups is 1. The van der Waals surface area contributed by atoms with Crippen LogP contribution in [0.15, 0.2) is 4.99 Å². The van der Waals surface area contributed by atoms with Crippen molar-refractivity contribution in [3.63, 3.8) is 0 Å². The number of carboxylic acids is 1. The van der Waals surface area contributed by atoms with Gasteiger partial charge in [-0.25, -0.2) is 0 Å². The summed E-state index contributed by atoms with van der Waals surface area (Å²) in [7, 11) is 0. The van der Waals surface area contributed by atoms with Crippen molar-refractivity contribution in [3.8, 4) is 0 Å². The lowest BCUT2D eigenvalue weighted by Gasteiger charge is -2.04. The summed E-state index contributed by atoms with van der Waals surface area (Å²) in [6, 6.07) is -0.747. The third kappa shape index (κ3) is 9.28. The predicted molar refractivity (Wildman–Crippen MR) is 51.6 cm³/mol. The molecule has 0 aromatic rings. The highest BCUT2D eigenvalue weighted by atomic mass is 35.5. The molecule has 0 amide bonds. The molecule has 5 N–H and O–H groups in total. The first kappa shape index (κ1) is 15.7. The molecule has 6 heteroatoms. The summed E-state index contributed by atoms with van der Waals surface area (Å²) in [5, 5.41) is 8.45. The number of aliphatic carboxylic acids is 1. The average molecular weight is 223 g/mol.